The molecule has 0 spiro atoms. The van der Waals surface area contributed by atoms with E-state index in [-0.39, 0.29) is 0 Å². The first-order valence-corrected chi connectivity index (χ1v) is 6.60. The third-order valence-electron chi connectivity index (χ3n) is 3.26. The minimum Gasteiger partial charge on any atom is -0.0881 e. The van der Waals surface area contributed by atoms with Gasteiger partial charge in [0.15, 0.2) is 0 Å². The van der Waals surface area contributed by atoms with Crippen LogP contribution >= 0.6 is 0 Å². The van der Waals surface area contributed by atoms with Crippen molar-refractivity contribution in [2.75, 3.05) is 0 Å². The van der Waals surface area contributed by atoms with Crippen molar-refractivity contribution in [3.63, 3.8) is 0 Å². The van der Waals surface area contributed by atoms with Crippen LogP contribution in [-0.2, 0) is 12.8 Å². The molecule has 0 heteroatoms. The monoisotopic (exact) mass is 236 g/mol. The van der Waals surface area contributed by atoms with Crippen LogP contribution in [-0.4, -0.2) is 0 Å². The summed E-state index contributed by atoms with van der Waals surface area (Å²) in [6, 6.07) is 21.4. The zero-order chi connectivity index (χ0) is 12.6. The van der Waals surface area contributed by atoms with Gasteiger partial charge in [-0.2, -0.15) is 0 Å². The standard InChI is InChI=1S/C18H20/c1-2-16(15-18-11-7-4-8-12-18)13-14-17-9-5-3-6-10-17/h2-12H,13-15H2,1H3. The second-order valence-corrected chi connectivity index (χ2v) is 4.59. The minimum absolute atomic E-state index is 1.07. The van der Waals surface area contributed by atoms with Crippen LogP contribution < -0.4 is 0 Å². The van der Waals surface area contributed by atoms with Gasteiger partial charge in [-0.15, -0.1) is 0 Å². The summed E-state index contributed by atoms with van der Waals surface area (Å²) in [6.45, 7) is 2.14. The Bertz CT molecular complexity index is 480. The lowest BCUT2D eigenvalue weighted by Crippen LogP contribution is -1.93. The van der Waals surface area contributed by atoms with E-state index in [9.17, 15) is 0 Å². The van der Waals surface area contributed by atoms with E-state index in [1.54, 1.807) is 0 Å². The summed E-state index contributed by atoms with van der Waals surface area (Å²) in [7, 11) is 0. The third kappa shape index (κ3) is 3.89. The van der Waals surface area contributed by atoms with Crippen molar-refractivity contribution in [3.8, 4) is 0 Å². The van der Waals surface area contributed by atoms with E-state index in [2.05, 4.69) is 73.7 Å². The van der Waals surface area contributed by atoms with Crippen LogP contribution in [0.4, 0.5) is 0 Å². The van der Waals surface area contributed by atoms with E-state index < -0.39 is 0 Å². The van der Waals surface area contributed by atoms with Gasteiger partial charge in [0, 0.05) is 0 Å². The second-order valence-electron chi connectivity index (χ2n) is 4.59. The number of allylic oxidation sites excluding steroid dienone is 2. The Morgan fingerprint density at radius 2 is 1.39 bits per heavy atom. The first-order chi connectivity index (χ1) is 8.88. The lowest BCUT2D eigenvalue weighted by atomic mass is 9.98. The number of hydrogen-bond donors (Lipinski definition) is 0. The van der Waals surface area contributed by atoms with Gasteiger partial charge in [0.05, 0.1) is 0 Å². The molecule has 2 rings (SSSR count). The number of rotatable bonds is 5. The van der Waals surface area contributed by atoms with Crippen molar-refractivity contribution >= 4 is 0 Å². The number of benzene rings is 2. The summed E-state index contributed by atoms with van der Waals surface area (Å²) < 4.78 is 0. The Balaban J connectivity index is 1.91. The third-order valence-corrected chi connectivity index (χ3v) is 3.26. The van der Waals surface area contributed by atoms with Crippen molar-refractivity contribution in [3.05, 3.63) is 83.4 Å². The maximum absolute atomic E-state index is 2.26. The molecule has 18 heavy (non-hydrogen) atoms. The Labute approximate surface area is 110 Å². The van der Waals surface area contributed by atoms with Crippen molar-refractivity contribution in [1.29, 1.82) is 0 Å². The quantitative estimate of drug-likeness (QED) is 0.654. The summed E-state index contributed by atoms with van der Waals surface area (Å²) in [6.07, 6.45) is 5.61. The molecule has 92 valence electrons. The van der Waals surface area contributed by atoms with Crippen LogP contribution in [0.25, 0.3) is 0 Å². The van der Waals surface area contributed by atoms with Gasteiger partial charge >= 0.3 is 0 Å². The van der Waals surface area contributed by atoms with Crippen LogP contribution in [0.3, 0.4) is 0 Å². The molecule has 0 aromatic heterocycles. The summed E-state index contributed by atoms with van der Waals surface area (Å²) in [4.78, 5) is 0. The Morgan fingerprint density at radius 1 is 0.833 bits per heavy atom. The van der Waals surface area contributed by atoms with Crippen molar-refractivity contribution in [2.24, 2.45) is 0 Å². The lowest BCUT2D eigenvalue weighted by molar-refractivity contribution is 0.896. The van der Waals surface area contributed by atoms with Gasteiger partial charge in [0.1, 0.15) is 0 Å². The molecule has 0 radical (unpaired) electrons. The van der Waals surface area contributed by atoms with Crippen LogP contribution in [0.1, 0.15) is 24.5 Å². The maximum Gasteiger partial charge on any atom is -0.00671 e. The average molecular weight is 236 g/mol. The summed E-state index contributed by atoms with van der Waals surface area (Å²) in [5, 5.41) is 0. The molecular weight excluding hydrogens is 216 g/mol. The number of aryl methyl sites for hydroxylation is 1. The van der Waals surface area contributed by atoms with E-state index in [4.69, 9.17) is 0 Å². The molecule has 2 aromatic rings. The first-order valence-electron chi connectivity index (χ1n) is 6.60. The zero-order valence-corrected chi connectivity index (χ0v) is 11.0. The highest BCUT2D eigenvalue weighted by Gasteiger charge is 2.00. The van der Waals surface area contributed by atoms with Crippen molar-refractivity contribution in [1.82, 2.24) is 0 Å². The summed E-state index contributed by atoms with van der Waals surface area (Å²) in [5.74, 6) is 0. The average Bonchev–Trinajstić information content (AvgIpc) is 2.45. The molecule has 0 saturated carbocycles. The normalized spacial score (nSPS) is 11.5. The van der Waals surface area contributed by atoms with Crippen molar-refractivity contribution < 1.29 is 0 Å². The Kier molecular flexibility index (Phi) is 4.78. The lowest BCUT2D eigenvalue weighted by Gasteiger charge is -2.07. The molecule has 0 N–H and O–H groups in total. The van der Waals surface area contributed by atoms with Crippen LogP contribution in [0.2, 0.25) is 0 Å². The molecule has 0 aliphatic heterocycles. The predicted molar refractivity (Wildman–Crippen MR) is 78.7 cm³/mol. The van der Waals surface area contributed by atoms with E-state index in [0.717, 1.165) is 19.3 Å². The molecular formula is C18H20. The molecule has 0 saturated heterocycles. The molecule has 0 bridgehead atoms. The zero-order valence-electron chi connectivity index (χ0n) is 11.0. The minimum atomic E-state index is 1.07. The summed E-state index contributed by atoms with van der Waals surface area (Å²) in [5.41, 5.74) is 4.34. The highest BCUT2D eigenvalue weighted by atomic mass is 14.1. The molecule has 0 heterocycles. The van der Waals surface area contributed by atoms with Crippen LogP contribution in [0.15, 0.2) is 72.3 Å². The topological polar surface area (TPSA) is 0 Å². The highest BCUT2D eigenvalue weighted by Crippen LogP contribution is 2.14. The summed E-state index contributed by atoms with van der Waals surface area (Å²) >= 11 is 0. The van der Waals surface area contributed by atoms with Gasteiger partial charge in [0.2, 0.25) is 0 Å². The van der Waals surface area contributed by atoms with Crippen LogP contribution in [0, 0.1) is 0 Å². The fourth-order valence-electron chi connectivity index (χ4n) is 2.14. The van der Waals surface area contributed by atoms with E-state index in [1.165, 1.54) is 16.7 Å². The largest absolute Gasteiger partial charge is 0.0881 e. The molecule has 0 atom stereocenters. The molecule has 0 amide bonds. The van der Waals surface area contributed by atoms with Gasteiger partial charge in [-0.1, -0.05) is 72.3 Å². The first kappa shape index (κ1) is 12.6. The van der Waals surface area contributed by atoms with E-state index in [0.29, 0.717) is 0 Å². The Morgan fingerprint density at radius 3 is 1.94 bits per heavy atom. The van der Waals surface area contributed by atoms with Gasteiger partial charge < -0.3 is 0 Å². The van der Waals surface area contributed by atoms with Gasteiger partial charge in [-0.25, -0.2) is 0 Å². The Hall–Kier alpha value is -1.82. The fourth-order valence-corrected chi connectivity index (χ4v) is 2.14. The highest BCUT2D eigenvalue weighted by molar-refractivity contribution is 5.23. The molecule has 0 aliphatic rings. The molecule has 0 aliphatic carbocycles. The second kappa shape index (κ2) is 6.80. The van der Waals surface area contributed by atoms with Gasteiger partial charge in [0.25, 0.3) is 0 Å². The number of hydrogen-bond acceptors (Lipinski definition) is 0. The van der Waals surface area contributed by atoms with Crippen LogP contribution in [0.5, 0.6) is 0 Å². The molecule has 0 fully saturated rings. The van der Waals surface area contributed by atoms with Gasteiger partial charge in [-0.3, -0.25) is 0 Å². The predicted octanol–water partition coefficient (Wildman–Crippen LogP) is 4.81. The molecule has 0 unspecified atom stereocenters. The fraction of sp³-hybridized carbons (Fsp3) is 0.222. The van der Waals surface area contributed by atoms with Crippen molar-refractivity contribution in [2.45, 2.75) is 26.2 Å². The molecule has 0 nitrogen and oxygen atoms in total. The maximum atomic E-state index is 2.26. The smallest absolute Gasteiger partial charge is 0.00671 e. The molecule has 2 aromatic carbocycles. The van der Waals surface area contributed by atoms with E-state index >= 15 is 0 Å². The SMILES string of the molecule is CC=C(CCc1ccccc1)Cc1ccccc1. The van der Waals surface area contributed by atoms with Gasteiger partial charge in [-0.05, 0) is 37.3 Å². The van der Waals surface area contributed by atoms with E-state index in [1.807, 2.05) is 0 Å².